The predicted octanol–water partition coefficient (Wildman–Crippen LogP) is 1.05. The monoisotopic (exact) mass is 335 g/mol. The molecule has 1 rings (SSSR count). The molecule has 0 fully saturated rings. The van der Waals surface area contributed by atoms with Crippen LogP contribution in [0.3, 0.4) is 0 Å². The highest BCUT2D eigenvalue weighted by atomic mass is 35.5. The summed E-state index contributed by atoms with van der Waals surface area (Å²) in [5.41, 5.74) is 4.74. The molecule has 0 spiro atoms. The van der Waals surface area contributed by atoms with Crippen molar-refractivity contribution in [1.82, 2.24) is 4.31 Å². The summed E-state index contributed by atoms with van der Waals surface area (Å²) in [4.78, 5) is 20.8. The van der Waals surface area contributed by atoms with Crippen LogP contribution in [0.1, 0.15) is 12.5 Å². The summed E-state index contributed by atoms with van der Waals surface area (Å²) in [7, 11) is -4.08. The third-order valence-electron chi connectivity index (χ3n) is 2.74. The van der Waals surface area contributed by atoms with Crippen molar-refractivity contribution in [1.29, 1.82) is 0 Å². The number of halogens is 1. The molecule has 1 aromatic rings. The first-order valence-electron chi connectivity index (χ1n) is 5.84. The summed E-state index contributed by atoms with van der Waals surface area (Å²) in [6, 6.07) is 2.08. The fourth-order valence-corrected chi connectivity index (χ4v) is 3.67. The molecular weight excluding hydrogens is 322 g/mol. The molecule has 10 heteroatoms. The fraction of sp³-hybridized carbons (Fsp3) is 0.364. The van der Waals surface area contributed by atoms with E-state index in [2.05, 4.69) is 0 Å². The number of nitro benzene ring substituents is 1. The van der Waals surface area contributed by atoms with Crippen LogP contribution < -0.4 is 5.73 Å². The summed E-state index contributed by atoms with van der Waals surface area (Å²) in [6.07, 6.45) is 0. The number of sulfonamides is 1. The zero-order chi connectivity index (χ0) is 16.4. The number of likely N-dealkylation sites (N-methyl/N-ethyl adjacent to an activating group) is 1. The summed E-state index contributed by atoms with van der Waals surface area (Å²) < 4.78 is 25.8. The normalized spacial score (nSPS) is 11.6. The van der Waals surface area contributed by atoms with Gasteiger partial charge in [0.1, 0.15) is 5.02 Å². The van der Waals surface area contributed by atoms with Crippen molar-refractivity contribution in [3.8, 4) is 0 Å². The number of carbonyl (C=O) groups is 1. The van der Waals surface area contributed by atoms with Gasteiger partial charge >= 0.3 is 0 Å². The van der Waals surface area contributed by atoms with Crippen molar-refractivity contribution in [2.75, 3.05) is 13.1 Å². The highest BCUT2D eigenvalue weighted by Crippen LogP contribution is 2.31. The number of amides is 1. The molecule has 0 bridgehead atoms. The van der Waals surface area contributed by atoms with Crippen molar-refractivity contribution in [3.05, 3.63) is 32.8 Å². The minimum atomic E-state index is -4.08. The molecular formula is C11H14ClN3O5S. The largest absolute Gasteiger partial charge is 0.369 e. The number of nitrogens with zero attached hydrogens (tertiary/aromatic N) is 2. The Kier molecular flexibility index (Phi) is 5.26. The lowest BCUT2D eigenvalue weighted by molar-refractivity contribution is -0.384. The van der Waals surface area contributed by atoms with E-state index in [1.165, 1.54) is 19.9 Å². The van der Waals surface area contributed by atoms with Crippen molar-refractivity contribution in [2.24, 2.45) is 5.73 Å². The molecule has 0 unspecified atom stereocenters. The molecule has 0 aliphatic carbocycles. The molecule has 0 saturated carbocycles. The minimum Gasteiger partial charge on any atom is -0.369 e. The molecule has 8 nitrogen and oxygen atoms in total. The van der Waals surface area contributed by atoms with Gasteiger partial charge in [0.15, 0.2) is 0 Å². The minimum absolute atomic E-state index is 0.00113. The molecule has 1 aromatic carbocycles. The first kappa shape index (κ1) is 17.3. The molecule has 116 valence electrons. The lowest BCUT2D eigenvalue weighted by Gasteiger charge is -2.20. The van der Waals surface area contributed by atoms with E-state index in [4.69, 9.17) is 17.3 Å². The van der Waals surface area contributed by atoms with Crippen molar-refractivity contribution in [2.45, 2.75) is 18.7 Å². The second-order valence-corrected chi connectivity index (χ2v) is 6.54. The van der Waals surface area contributed by atoms with Crippen LogP contribution in [0.4, 0.5) is 5.69 Å². The lowest BCUT2D eigenvalue weighted by atomic mass is 10.2. The highest BCUT2D eigenvalue weighted by molar-refractivity contribution is 7.89. The standard InChI is InChI=1S/C11H14ClN3O5S/c1-3-14(6-11(13)16)21(19,20)10-5-9(15(17)18)8(12)4-7(10)2/h4-5H,3,6H2,1-2H3,(H2,13,16). The molecule has 0 saturated heterocycles. The first-order valence-corrected chi connectivity index (χ1v) is 7.66. The number of nitrogens with two attached hydrogens (primary N) is 1. The van der Waals surface area contributed by atoms with E-state index in [9.17, 15) is 23.3 Å². The van der Waals surface area contributed by atoms with Crippen LogP contribution in [0, 0.1) is 17.0 Å². The quantitative estimate of drug-likeness (QED) is 0.614. The van der Waals surface area contributed by atoms with Gasteiger partial charge in [-0.15, -0.1) is 0 Å². The fourth-order valence-electron chi connectivity index (χ4n) is 1.74. The van der Waals surface area contributed by atoms with Crippen LogP contribution in [-0.2, 0) is 14.8 Å². The van der Waals surface area contributed by atoms with Gasteiger partial charge < -0.3 is 5.73 Å². The second kappa shape index (κ2) is 6.37. The molecule has 0 radical (unpaired) electrons. The Labute approximate surface area is 126 Å². The van der Waals surface area contributed by atoms with E-state index in [0.717, 1.165) is 10.4 Å². The van der Waals surface area contributed by atoms with Crippen LogP contribution >= 0.6 is 11.6 Å². The molecule has 21 heavy (non-hydrogen) atoms. The zero-order valence-electron chi connectivity index (χ0n) is 11.4. The van der Waals surface area contributed by atoms with Crippen molar-refractivity contribution >= 4 is 33.2 Å². The Morgan fingerprint density at radius 3 is 2.48 bits per heavy atom. The van der Waals surface area contributed by atoms with Crippen LogP contribution in [0.15, 0.2) is 17.0 Å². The number of nitro groups is 1. The van der Waals surface area contributed by atoms with Gasteiger partial charge in [-0.1, -0.05) is 18.5 Å². The number of benzene rings is 1. The topological polar surface area (TPSA) is 124 Å². The van der Waals surface area contributed by atoms with Gasteiger partial charge in [0, 0.05) is 12.6 Å². The molecule has 1 amide bonds. The van der Waals surface area contributed by atoms with Gasteiger partial charge in [0.2, 0.25) is 15.9 Å². The van der Waals surface area contributed by atoms with Crippen molar-refractivity contribution < 1.29 is 18.1 Å². The van der Waals surface area contributed by atoms with Gasteiger partial charge in [-0.25, -0.2) is 8.42 Å². The van der Waals surface area contributed by atoms with Crippen LogP contribution in [0.2, 0.25) is 5.02 Å². The van der Waals surface area contributed by atoms with E-state index < -0.39 is 33.1 Å². The maximum Gasteiger partial charge on any atom is 0.289 e. The number of hydrogen-bond acceptors (Lipinski definition) is 5. The third-order valence-corrected chi connectivity index (χ3v) is 5.11. The van der Waals surface area contributed by atoms with Gasteiger partial charge in [-0.05, 0) is 18.6 Å². The number of primary amides is 1. The lowest BCUT2D eigenvalue weighted by Crippen LogP contribution is -2.38. The molecule has 0 aliphatic rings. The molecule has 0 aromatic heterocycles. The van der Waals surface area contributed by atoms with E-state index in [1.54, 1.807) is 0 Å². The Morgan fingerprint density at radius 2 is 2.05 bits per heavy atom. The summed E-state index contributed by atoms with van der Waals surface area (Å²) in [5.74, 6) is -0.818. The number of rotatable bonds is 6. The van der Waals surface area contributed by atoms with E-state index in [0.29, 0.717) is 0 Å². The Morgan fingerprint density at radius 1 is 1.48 bits per heavy atom. The van der Waals surface area contributed by atoms with Crippen LogP contribution in [-0.4, -0.2) is 36.6 Å². The van der Waals surface area contributed by atoms with Crippen LogP contribution in [0.5, 0.6) is 0 Å². The number of hydrogen-bond donors (Lipinski definition) is 1. The van der Waals surface area contributed by atoms with Gasteiger partial charge in [-0.2, -0.15) is 4.31 Å². The summed E-state index contributed by atoms with van der Waals surface area (Å²) >= 11 is 5.72. The second-order valence-electron chi connectivity index (χ2n) is 4.22. The average molecular weight is 336 g/mol. The molecule has 2 N–H and O–H groups in total. The average Bonchev–Trinajstić information content (AvgIpc) is 2.34. The SMILES string of the molecule is CCN(CC(N)=O)S(=O)(=O)c1cc([N+](=O)[O-])c(Cl)cc1C. The van der Waals surface area contributed by atoms with Gasteiger partial charge in [0.05, 0.1) is 16.4 Å². The Hall–Kier alpha value is -1.71. The number of carbonyl (C=O) groups excluding carboxylic acids is 1. The Bertz CT molecular complexity index is 689. The van der Waals surface area contributed by atoms with E-state index >= 15 is 0 Å². The Balaban J connectivity index is 3.46. The smallest absolute Gasteiger partial charge is 0.289 e. The van der Waals surface area contributed by atoms with Crippen molar-refractivity contribution in [3.63, 3.8) is 0 Å². The maximum absolute atomic E-state index is 12.5. The predicted molar refractivity (Wildman–Crippen MR) is 76.5 cm³/mol. The zero-order valence-corrected chi connectivity index (χ0v) is 12.9. The molecule has 0 aliphatic heterocycles. The third kappa shape index (κ3) is 3.69. The highest BCUT2D eigenvalue weighted by Gasteiger charge is 2.29. The van der Waals surface area contributed by atoms with Gasteiger partial charge in [-0.3, -0.25) is 14.9 Å². The molecule has 0 atom stereocenters. The van der Waals surface area contributed by atoms with Crippen LogP contribution in [0.25, 0.3) is 0 Å². The maximum atomic E-state index is 12.5. The first-order chi connectivity index (χ1) is 9.61. The van der Waals surface area contributed by atoms with E-state index in [-0.39, 0.29) is 22.0 Å². The summed E-state index contributed by atoms with van der Waals surface area (Å²) in [6.45, 7) is 2.48. The number of aryl methyl sites for hydroxylation is 1. The van der Waals surface area contributed by atoms with Gasteiger partial charge in [0.25, 0.3) is 5.69 Å². The summed E-state index contributed by atoms with van der Waals surface area (Å²) in [5, 5.41) is 10.7. The van der Waals surface area contributed by atoms with E-state index in [1.807, 2.05) is 0 Å². The molecule has 0 heterocycles.